The molecule has 0 spiro atoms. The van der Waals surface area contributed by atoms with Crippen molar-refractivity contribution >= 4 is 28.9 Å². The zero-order valence-electron chi connectivity index (χ0n) is 16.9. The van der Waals surface area contributed by atoms with E-state index in [9.17, 15) is 4.79 Å². The standard InChI is InChI=1S/C24H30ClN3O/c25-23-9-3-2-7-19(23)17-27-14-6-8-20(18-27)24(29)26-21-10-12-22(13-11-21)28-15-4-1-5-16-28/h2-3,7,9-13,20H,1,4-6,8,14-18H2,(H,26,29)/t20-/m1/s1. The molecule has 0 unspecified atom stereocenters. The maximum atomic E-state index is 12.8. The lowest BCUT2D eigenvalue weighted by molar-refractivity contribution is -0.121. The van der Waals surface area contributed by atoms with Crippen LogP contribution in [0.4, 0.5) is 11.4 Å². The Labute approximate surface area is 178 Å². The Kier molecular flexibility index (Phi) is 6.73. The van der Waals surface area contributed by atoms with Crippen LogP contribution < -0.4 is 10.2 Å². The third kappa shape index (κ3) is 5.31. The van der Waals surface area contributed by atoms with E-state index in [4.69, 9.17) is 11.6 Å². The first-order valence-electron chi connectivity index (χ1n) is 10.8. The van der Waals surface area contributed by atoms with E-state index in [0.29, 0.717) is 0 Å². The van der Waals surface area contributed by atoms with Crippen molar-refractivity contribution in [1.82, 2.24) is 4.90 Å². The molecule has 1 atom stereocenters. The van der Waals surface area contributed by atoms with Crippen LogP contribution in [-0.2, 0) is 11.3 Å². The van der Waals surface area contributed by atoms with Gasteiger partial charge in [-0.15, -0.1) is 0 Å². The molecule has 29 heavy (non-hydrogen) atoms. The molecular weight excluding hydrogens is 382 g/mol. The molecule has 0 saturated carbocycles. The third-order valence-corrected chi connectivity index (χ3v) is 6.45. The van der Waals surface area contributed by atoms with E-state index in [2.05, 4.69) is 33.3 Å². The third-order valence-electron chi connectivity index (χ3n) is 6.08. The minimum Gasteiger partial charge on any atom is -0.372 e. The molecule has 1 N–H and O–H groups in total. The van der Waals surface area contributed by atoms with Crippen LogP contribution in [-0.4, -0.2) is 37.0 Å². The van der Waals surface area contributed by atoms with E-state index in [-0.39, 0.29) is 11.8 Å². The van der Waals surface area contributed by atoms with Crippen molar-refractivity contribution in [2.75, 3.05) is 36.4 Å². The van der Waals surface area contributed by atoms with Gasteiger partial charge in [0.05, 0.1) is 5.92 Å². The molecule has 2 aromatic carbocycles. The first-order valence-corrected chi connectivity index (χ1v) is 11.2. The van der Waals surface area contributed by atoms with E-state index in [1.165, 1.54) is 24.9 Å². The van der Waals surface area contributed by atoms with Crippen molar-refractivity contribution in [3.63, 3.8) is 0 Å². The number of hydrogen-bond acceptors (Lipinski definition) is 3. The van der Waals surface area contributed by atoms with Crippen LogP contribution in [0, 0.1) is 5.92 Å². The summed E-state index contributed by atoms with van der Waals surface area (Å²) in [6.45, 7) is 4.86. The van der Waals surface area contributed by atoms with E-state index >= 15 is 0 Å². The van der Waals surface area contributed by atoms with Crippen LogP contribution in [0.25, 0.3) is 0 Å². The topological polar surface area (TPSA) is 35.6 Å². The SMILES string of the molecule is O=C(Nc1ccc(N2CCCCC2)cc1)[C@@H]1CCCN(Cc2ccccc2Cl)C1. The molecular formula is C24H30ClN3O. The maximum absolute atomic E-state index is 12.8. The highest BCUT2D eigenvalue weighted by atomic mass is 35.5. The number of anilines is 2. The lowest BCUT2D eigenvalue weighted by atomic mass is 9.96. The number of rotatable bonds is 5. The Morgan fingerprint density at radius 3 is 2.48 bits per heavy atom. The number of nitrogens with one attached hydrogen (secondary N) is 1. The number of nitrogens with zero attached hydrogens (tertiary/aromatic N) is 2. The molecule has 154 valence electrons. The van der Waals surface area contributed by atoms with Crippen LogP contribution in [0.2, 0.25) is 5.02 Å². The summed E-state index contributed by atoms with van der Waals surface area (Å²) in [5.74, 6) is 0.146. The Morgan fingerprint density at radius 2 is 1.72 bits per heavy atom. The average Bonchev–Trinajstić information content (AvgIpc) is 2.77. The fraction of sp³-hybridized carbons (Fsp3) is 0.458. The van der Waals surface area contributed by atoms with Crippen molar-refractivity contribution < 1.29 is 4.79 Å². The van der Waals surface area contributed by atoms with Gasteiger partial charge in [0.25, 0.3) is 0 Å². The number of piperidine rings is 2. The second-order valence-electron chi connectivity index (χ2n) is 8.25. The number of carbonyl (C=O) groups is 1. The van der Waals surface area contributed by atoms with E-state index in [1.807, 2.05) is 30.3 Å². The zero-order chi connectivity index (χ0) is 20.1. The highest BCUT2D eigenvalue weighted by Gasteiger charge is 2.26. The first kappa shape index (κ1) is 20.2. The van der Waals surface area contributed by atoms with Crippen LogP contribution in [0.5, 0.6) is 0 Å². The summed E-state index contributed by atoms with van der Waals surface area (Å²) >= 11 is 6.31. The molecule has 0 radical (unpaired) electrons. The molecule has 0 aromatic heterocycles. The number of hydrogen-bond donors (Lipinski definition) is 1. The van der Waals surface area contributed by atoms with Crippen LogP contribution >= 0.6 is 11.6 Å². The molecule has 4 rings (SSSR count). The van der Waals surface area contributed by atoms with Gasteiger partial charge < -0.3 is 10.2 Å². The van der Waals surface area contributed by atoms with Gasteiger partial charge in [-0.25, -0.2) is 0 Å². The van der Waals surface area contributed by atoms with Gasteiger partial charge in [-0.05, 0) is 74.5 Å². The Bertz CT molecular complexity index is 817. The van der Waals surface area contributed by atoms with E-state index < -0.39 is 0 Å². The summed E-state index contributed by atoms with van der Waals surface area (Å²) < 4.78 is 0. The fourth-order valence-corrected chi connectivity index (χ4v) is 4.63. The van der Waals surface area contributed by atoms with Crippen molar-refractivity contribution in [1.29, 1.82) is 0 Å². The van der Waals surface area contributed by atoms with Crippen molar-refractivity contribution in [3.8, 4) is 0 Å². The van der Waals surface area contributed by atoms with Gasteiger partial charge in [0, 0.05) is 42.6 Å². The lowest BCUT2D eigenvalue weighted by Crippen LogP contribution is -2.40. The van der Waals surface area contributed by atoms with Crippen molar-refractivity contribution in [2.45, 2.75) is 38.6 Å². The number of benzene rings is 2. The highest BCUT2D eigenvalue weighted by molar-refractivity contribution is 6.31. The summed E-state index contributed by atoms with van der Waals surface area (Å²) in [5, 5.41) is 3.93. The molecule has 2 heterocycles. The molecule has 5 heteroatoms. The van der Waals surface area contributed by atoms with E-state index in [1.54, 1.807) is 0 Å². The molecule has 2 aliphatic rings. The molecule has 2 fully saturated rings. The summed E-state index contributed by atoms with van der Waals surface area (Å²) in [7, 11) is 0. The van der Waals surface area contributed by atoms with Crippen LogP contribution in [0.15, 0.2) is 48.5 Å². The summed E-state index contributed by atoms with van der Waals surface area (Å²) in [5.41, 5.74) is 3.27. The summed E-state index contributed by atoms with van der Waals surface area (Å²) in [4.78, 5) is 17.6. The van der Waals surface area contributed by atoms with Crippen LogP contribution in [0.3, 0.4) is 0 Å². The van der Waals surface area contributed by atoms with Gasteiger partial charge in [-0.3, -0.25) is 9.69 Å². The highest BCUT2D eigenvalue weighted by Crippen LogP contribution is 2.25. The predicted molar refractivity (Wildman–Crippen MR) is 121 cm³/mol. The normalized spacial score (nSPS) is 20.4. The molecule has 1 amide bonds. The molecule has 0 bridgehead atoms. The molecule has 2 aromatic rings. The quantitative estimate of drug-likeness (QED) is 0.736. The Balaban J connectivity index is 1.32. The number of carbonyl (C=O) groups excluding carboxylic acids is 1. The zero-order valence-corrected chi connectivity index (χ0v) is 17.7. The largest absolute Gasteiger partial charge is 0.372 e. The fourth-order valence-electron chi connectivity index (χ4n) is 4.43. The molecule has 2 aliphatic heterocycles. The van der Waals surface area contributed by atoms with Gasteiger partial charge in [-0.2, -0.15) is 0 Å². The minimum absolute atomic E-state index is 0.0213. The number of amides is 1. The van der Waals surface area contributed by atoms with Crippen molar-refractivity contribution in [3.05, 3.63) is 59.1 Å². The minimum atomic E-state index is 0.0213. The molecule has 4 nitrogen and oxygen atoms in total. The van der Waals surface area contributed by atoms with Gasteiger partial charge in [0.1, 0.15) is 0 Å². The lowest BCUT2D eigenvalue weighted by Gasteiger charge is -2.32. The van der Waals surface area contributed by atoms with Crippen LogP contribution in [0.1, 0.15) is 37.7 Å². The monoisotopic (exact) mass is 411 g/mol. The first-order chi connectivity index (χ1) is 14.2. The number of halogens is 1. The second kappa shape index (κ2) is 9.64. The van der Waals surface area contributed by atoms with Gasteiger partial charge in [-0.1, -0.05) is 29.8 Å². The second-order valence-corrected chi connectivity index (χ2v) is 8.66. The average molecular weight is 412 g/mol. The smallest absolute Gasteiger partial charge is 0.228 e. The summed E-state index contributed by atoms with van der Waals surface area (Å²) in [6.07, 6.45) is 5.85. The summed E-state index contributed by atoms with van der Waals surface area (Å²) in [6, 6.07) is 16.3. The van der Waals surface area contributed by atoms with Gasteiger partial charge >= 0.3 is 0 Å². The Morgan fingerprint density at radius 1 is 0.966 bits per heavy atom. The van der Waals surface area contributed by atoms with Gasteiger partial charge in [0.2, 0.25) is 5.91 Å². The predicted octanol–water partition coefficient (Wildman–Crippen LogP) is 5.18. The maximum Gasteiger partial charge on any atom is 0.228 e. The molecule has 2 saturated heterocycles. The van der Waals surface area contributed by atoms with E-state index in [0.717, 1.165) is 61.8 Å². The Hall–Kier alpha value is -2.04. The molecule has 0 aliphatic carbocycles. The number of likely N-dealkylation sites (tertiary alicyclic amines) is 1. The van der Waals surface area contributed by atoms with Crippen molar-refractivity contribution in [2.24, 2.45) is 5.92 Å². The van der Waals surface area contributed by atoms with Gasteiger partial charge in [0.15, 0.2) is 0 Å².